The maximum absolute atomic E-state index is 5.84. The fraction of sp³-hybridized carbons (Fsp3) is 0.0909. The van der Waals surface area contributed by atoms with Gasteiger partial charge in [0.15, 0.2) is 5.15 Å². The number of hydrogen-bond donors (Lipinski definition) is 0. The van der Waals surface area contributed by atoms with E-state index in [1.54, 1.807) is 0 Å². The zero-order chi connectivity index (χ0) is 12.1. The number of aromatic nitrogens is 2. The van der Waals surface area contributed by atoms with Gasteiger partial charge in [0.25, 0.3) is 5.88 Å². The Bertz CT molecular complexity index is 496. The molecule has 0 radical (unpaired) electrons. The normalized spacial score (nSPS) is 10.0. The molecule has 88 valence electrons. The quantitative estimate of drug-likeness (QED) is 0.632. The summed E-state index contributed by atoms with van der Waals surface area (Å²) < 4.78 is 10.5. The highest BCUT2D eigenvalue weighted by atomic mass is 35.5. The Balaban J connectivity index is 2.12. The molecule has 0 saturated heterocycles. The summed E-state index contributed by atoms with van der Waals surface area (Å²) >= 11 is 5.84. The summed E-state index contributed by atoms with van der Waals surface area (Å²) in [6.07, 6.45) is 1.33. The minimum atomic E-state index is 0.220. The first kappa shape index (κ1) is 12.1. The lowest BCUT2D eigenvalue weighted by atomic mass is 10.2. The number of rotatable bonds is 4. The van der Waals surface area contributed by atoms with Crippen LogP contribution in [0, 0.1) is 0 Å². The van der Waals surface area contributed by atoms with Crippen LogP contribution in [0.25, 0.3) is 0 Å². The lowest BCUT2D eigenvalue weighted by Crippen LogP contribution is -1.99. The van der Waals surface area contributed by atoms with E-state index in [1.807, 2.05) is 30.3 Å². The number of ether oxygens (including phenoxy) is 1. The Kier molecular flexibility index (Phi) is 4.13. The van der Waals surface area contributed by atoms with E-state index in [-0.39, 0.29) is 5.15 Å². The van der Waals surface area contributed by atoms with E-state index in [0.29, 0.717) is 18.2 Å². The predicted molar refractivity (Wildman–Crippen MR) is 68.2 cm³/mol. The molecule has 0 bridgehead atoms. The first-order chi connectivity index (χ1) is 8.31. The number of halogens is 1. The van der Waals surface area contributed by atoms with Crippen LogP contribution in [0.1, 0.15) is 5.56 Å². The summed E-state index contributed by atoms with van der Waals surface area (Å²) in [5, 5.41) is 0.220. The molecule has 1 atom stereocenters. The van der Waals surface area contributed by atoms with Crippen molar-refractivity contribution < 1.29 is 9.26 Å². The van der Waals surface area contributed by atoms with Gasteiger partial charge in [0.2, 0.25) is 5.75 Å². The second kappa shape index (κ2) is 5.80. The van der Waals surface area contributed by atoms with Crippen LogP contribution in [0.3, 0.4) is 0 Å². The molecule has 0 N–H and O–H groups in total. The Morgan fingerprint density at radius 3 is 2.65 bits per heavy atom. The maximum atomic E-state index is 5.84. The summed E-state index contributed by atoms with van der Waals surface area (Å²) in [6, 6.07) is 9.76. The van der Waals surface area contributed by atoms with Crippen molar-refractivity contribution in [2.45, 2.75) is 6.61 Å². The van der Waals surface area contributed by atoms with Gasteiger partial charge in [-0.1, -0.05) is 41.9 Å². The molecule has 1 aromatic carbocycles. The first-order valence-electron chi connectivity index (χ1n) is 4.85. The van der Waals surface area contributed by atoms with Crippen molar-refractivity contribution in [3.63, 3.8) is 0 Å². The SMILES string of the molecule is POc1c(Cl)ncnc1OCc1ccccc1. The second-order valence-electron chi connectivity index (χ2n) is 3.19. The van der Waals surface area contributed by atoms with Gasteiger partial charge in [0.1, 0.15) is 12.9 Å². The Labute approximate surface area is 106 Å². The van der Waals surface area contributed by atoms with Crippen LogP contribution in [-0.4, -0.2) is 9.97 Å². The average molecular weight is 269 g/mol. The molecule has 1 unspecified atom stereocenters. The molecule has 0 fully saturated rings. The van der Waals surface area contributed by atoms with Crippen molar-refractivity contribution in [1.29, 1.82) is 0 Å². The van der Waals surface area contributed by atoms with Gasteiger partial charge in [-0.3, -0.25) is 0 Å². The minimum Gasteiger partial charge on any atom is -0.472 e. The molecular formula is C11H10ClN2O2P. The molecular weight excluding hydrogens is 259 g/mol. The van der Waals surface area contributed by atoms with E-state index in [0.717, 1.165) is 5.56 Å². The molecule has 0 amide bonds. The highest BCUT2D eigenvalue weighted by molar-refractivity contribution is 7.10. The van der Waals surface area contributed by atoms with Crippen LogP contribution in [0.15, 0.2) is 36.7 Å². The lowest BCUT2D eigenvalue weighted by Gasteiger charge is -2.09. The first-order valence-corrected chi connectivity index (χ1v) is 5.70. The van der Waals surface area contributed by atoms with Crippen molar-refractivity contribution in [3.8, 4) is 11.6 Å². The highest BCUT2D eigenvalue weighted by Crippen LogP contribution is 2.32. The van der Waals surface area contributed by atoms with Crippen LogP contribution >= 0.6 is 21.1 Å². The third kappa shape index (κ3) is 3.05. The predicted octanol–water partition coefficient (Wildman–Crippen LogP) is 2.88. The van der Waals surface area contributed by atoms with Gasteiger partial charge in [-0.2, -0.15) is 4.98 Å². The zero-order valence-electron chi connectivity index (χ0n) is 8.84. The Morgan fingerprint density at radius 1 is 1.18 bits per heavy atom. The second-order valence-corrected chi connectivity index (χ2v) is 3.78. The molecule has 0 saturated carbocycles. The lowest BCUT2D eigenvalue weighted by molar-refractivity contribution is 0.285. The third-order valence-corrected chi connectivity index (χ3v) is 2.57. The molecule has 0 aliphatic heterocycles. The van der Waals surface area contributed by atoms with Crippen LogP contribution in [-0.2, 0) is 6.61 Å². The van der Waals surface area contributed by atoms with E-state index in [2.05, 4.69) is 19.4 Å². The maximum Gasteiger partial charge on any atom is 0.262 e. The van der Waals surface area contributed by atoms with Crippen molar-refractivity contribution in [1.82, 2.24) is 9.97 Å². The monoisotopic (exact) mass is 268 g/mol. The van der Waals surface area contributed by atoms with Gasteiger partial charge >= 0.3 is 0 Å². The number of benzene rings is 1. The zero-order valence-corrected chi connectivity index (χ0v) is 10.7. The van der Waals surface area contributed by atoms with Gasteiger partial charge < -0.3 is 9.26 Å². The van der Waals surface area contributed by atoms with Crippen LogP contribution in [0.4, 0.5) is 0 Å². The van der Waals surface area contributed by atoms with Crippen molar-refractivity contribution in [2.24, 2.45) is 0 Å². The standard InChI is InChI=1S/C11H10ClN2O2P/c12-10-9(16-17)11(14-7-13-10)15-6-8-4-2-1-3-5-8/h1-5,7H,6,17H2. The summed E-state index contributed by atoms with van der Waals surface area (Å²) in [7, 11) is 2.10. The van der Waals surface area contributed by atoms with Crippen molar-refractivity contribution >= 4 is 21.1 Å². The van der Waals surface area contributed by atoms with Crippen LogP contribution < -0.4 is 9.26 Å². The average Bonchev–Trinajstić information content (AvgIpc) is 2.37. The molecule has 0 aliphatic carbocycles. The van der Waals surface area contributed by atoms with Crippen molar-refractivity contribution in [3.05, 3.63) is 47.4 Å². The van der Waals surface area contributed by atoms with E-state index in [9.17, 15) is 0 Å². The van der Waals surface area contributed by atoms with Crippen LogP contribution in [0.2, 0.25) is 5.15 Å². The molecule has 2 aromatic rings. The van der Waals surface area contributed by atoms with Gasteiger partial charge in [0, 0.05) is 0 Å². The summed E-state index contributed by atoms with van der Waals surface area (Å²) in [5.41, 5.74) is 1.04. The Morgan fingerprint density at radius 2 is 1.94 bits per heavy atom. The van der Waals surface area contributed by atoms with Gasteiger partial charge in [-0.05, 0) is 5.56 Å². The smallest absolute Gasteiger partial charge is 0.262 e. The van der Waals surface area contributed by atoms with Crippen LogP contribution in [0.5, 0.6) is 11.6 Å². The molecule has 0 spiro atoms. The van der Waals surface area contributed by atoms with Gasteiger partial charge in [0.05, 0.1) is 9.47 Å². The van der Waals surface area contributed by atoms with E-state index in [4.69, 9.17) is 20.9 Å². The van der Waals surface area contributed by atoms with E-state index in [1.165, 1.54) is 6.33 Å². The Hall–Kier alpha value is -1.38. The number of hydrogen-bond acceptors (Lipinski definition) is 4. The molecule has 0 aliphatic rings. The molecule has 1 heterocycles. The minimum absolute atomic E-state index is 0.220. The summed E-state index contributed by atoms with van der Waals surface area (Å²) in [6.45, 7) is 0.398. The molecule has 17 heavy (non-hydrogen) atoms. The topological polar surface area (TPSA) is 44.2 Å². The summed E-state index contributed by atoms with van der Waals surface area (Å²) in [4.78, 5) is 7.77. The third-order valence-electron chi connectivity index (χ3n) is 2.06. The highest BCUT2D eigenvalue weighted by Gasteiger charge is 2.11. The van der Waals surface area contributed by atoms with Crippen molar-refractivity contribution in [2.75, 3.05) is 0 Å². The fourth-order valence-corrected chi connectivity index (χ4v) is 1.72. The van der Waals surface area contributed by atoms with E-state index < -0.39 is 0 Å². The van der Waals surface area contributed by atoms with Gasteiger partial charge in [-0.25, -0.2) is 4.98 Å². The largest absolute Gasteiger partial charge is 0.472 e. The number of nitrogens with zero attached hydrogens (tertiary/aromatic N) is 2. The fourth-order valence-electron chi connectivity index (χ4n) is 1.27. The molecule has 6 heteroatoms. The summed E-state index contributed by atoms with van der Waals surface area (Å²) in [5.74, 6) is 0.638. The van der Waals surface area contributed by atoms with E-state index >= 15 is 0 Å². The van der Waals surface area contributed by atoms with Gasteiger partial charge in [-0.15, -0.1) is 0 Å². The molecule has 4 nitrogen and oxygen atoms in total. The molecule has 1 aromatic heterocycles. The molecule has 2 rings (SSSR count).